The van der Waals surface area contributed by atoms with Gasteiger partial charge in [-0.05, 0) is 28.8 Å². The Morgan fingerprint density at radius 3 is 2.07 bits per heavy atom. The summed E-state index contributed by atoms with van der Waals surface area (Å²) in [6, 6.07) is 26.3. The van der Waals surface area contributed by atoms with Crippen molar-refractivity contribution < 1.29 is 9.59 Å². The first-order valence-electron chi connectivity index (χ1n) is 9.39. The number of urea groups is 1. The molecule has 5 nitrogen and oxygen atoms in total. The molecule has 4 rings (SSSR count). The van der Waals surface area contributed by atoms with Crippen molar-refractivity contribution in [2.75, 3.05) is 5.32 Å². The molecule has 0 radical (unpaired) electrons. The van der Waals surface area contributed by atoms with Crippen molar-refractivity contribution >= 4 is 17.6 Å². The van der Waals surface area contributed by atoms with Crippen molar-refractivity contribution in [3.63, 3.8) is 0 Å². The first-order valence-corrected chi connectivity index (χ1v) is 9.39. The number of rotatable bonds is 4. The second-order valence-electron chi connectivity index (χ2n) is 6.92. The molecule has 1 heterocycles. The summed E-state index contributed by atoms with van der Waals surface area (Å²) in [5.74, 6) is -0.874. The van der Waals surface area contributed by atoms with Gasteiger partial charge in [0.15, 0.2) is 0 Å². The van der Waals surface area contributed by atoms with Crippen molar-refractivity contribution in [3.05, 3.63) is 103 Å². The lowest BCUT2D eigenvalue weighted by Gasteiger charge is -2.34. The van der Waals surface area contributed by atoms with Gasteiger partial charge < -0.3 is 16.0 Å². The average molecular weight is 383 g/mol. The van der Waals surface area contributed by atoms with Crippen LogP contribution in [0.25, 0.3) is 11.1 Å². The molecule has 1 aliphatic heterocycles. The first kappa shape index (κ1) is 18.5. The highest BCUT2D eigenvalue weighted by Gasteiger charge is 2.37. The van der Waals surface area contributed by atoms with E-state index in [1.807, 2.05) is 84.9 Å². The van der Waals surface area contributed by atoms with Crippen LogP contribution in [0.4, 0.5) is 10.5 Å². The van der Waals surface area contributed by atoms with Gasteiger partial charge in [0, 0.05) is 11.4 Å². The van der Waals surface area contributed by atoms with E-state index < -0.39 is 12.0 Å². The smallest absolute Gasteiger partial charge is 0.319 e. The molecular formula is C24H21N3O2. The van der Waals surface area contributed by atoms with E-state index in [4.69, 9.17) is 0 Å². The minimum absolute atomic E-state index is 0.231. The molecule has 0 spiro atoms. The molecule has 5 heteroatoms. The molecule has 29 heavy (non-hydrogen) atoms. The van der Waals surface area contributed by atoms with Crippen molar-refractivity contribution in [3.8, 4) is 11.1 Å². The lowest BCUT2D eigenvalue weighted by atomic mass is 9.87. The number of carbonyl (C=O) groups is 2. The van der Waals surface area contributed by atoms with E-state index >= 15 is 0 Å². The summed E-state index contributed by atoms with van der Waals surface area (Å²) in [5, 5.41) is 8.40. The number of para-hydroxylation sites is 1. The third kappa shape index (κ3) is 4.04. The molecule has 3 amide bonds. The van der Waals surface area contributed by atoms with Crippen molar-refractivity contribution in [1.29, 1.82) is 0 Å². The highest BCUT2D eigenvalue weighted by molar-refractivity contribution is 5.97. The van der Waals surface area contributed by atoms with Gasteiger partial charge in [-0.2, -0.15) is 0 Å². The molecule has 0 unspecified atom stereocenters. The van der Waals surface area contributed by atoms with Crippen LogP contribution in [0.5, 0.6) is 0 Å². The quantitative estimate of drug-likeness (QED) is 0.622. The number of anilines is 1. The SMILES string of the molecule is C=C1NC(=O)N[C@H](c2ccc(-c3ccccc3)cc2)[C@H]1C(=O)Nc1ccccc1. The zero-order valence-corrected chi connectivity index (χ0v) is 15.8. The van der Waals surface area contributed by atoms with E-state index in [1.165, 1.54) is 0 Å². The summed E-state index contributed by atoms with van der Waals surface area (Å²) in [6.45, 7) is 3.92. The minimum atomic E-state index is -0.643. The summed E-state index contributed by atoms with van der Waals surface area (Å²) in [4.78, 5) is 25.1. The molecule has 0 saturated carbocycles. The second-order valence-corrected chi connectivity index (χ2v) is 6.92. The Balaban J connectivity index is 1.61. The van der Waals surface area contributed by atoms with Gasteiger partial charge in [0.25, 0.3) is 0 Å². The van der Waals surface area contributed by atoms with E-state index in [0.717, 1.165) is 16.7 Å². The highest BCUT2D eigenvalue weighted by Crippen LogP contribution is 2.31. The predicted octanol–water partition coefficient (Wildman–Crippen LogP) is 4.48. The number of hydrogen-bond acceptors (Lipinski definition) is 2. The van der Waals surface area contributed by atoms with Crippen LogP contribution < -0.4 is 16.0 Å². The van der Waals surface area contributed by atoms with E-state index in [2.05, 4.69) is 22.5 Å². The number of hydrogen-bond donors (Lipinski definition) is 3. The molecule has 0 aliphatic carbocycles. The largest absolute Gasteiger partial charge is 0.330 e. The van der Waals surface area contributed by atoms with Crippen LogP contribution in [-0.2, 0) is 4.79 Å². The molecule has 1 fully saturated rings. The van der Waals surface area contributed by atoms with Gasteiger partial charge in [-0.3, -0.25) is 4.79 Å². The average Bonchev–Trinajstić information content (AvgIpc) is 2.74. The number of amides is 3. The normalized spacial score (nSPS) is 18.5. The summed E-state index contributed by atoms with van der Waals surface area (Å²) in [5.41, 5.74) is 4.09. The van der Waals surface area contributed by atoms with Gasteiger partial charge >= 0.3 is 6.03 Å². The van der Waals surface area contributed by atoms with Gasteiger partial charge in [-0.25, -0.2) is 4.79 Å². The van der Waals surface area contributed by atoms with E-state index in [-0.39, 0.29) is 11.9 Å². The fraction of sp³-hybridized carbons (Fsp3) is 0.0833. The van der Waals surface area contributed by atoms with Crippen LogP contribution in [0.1, 0.15) is 11.6 Å². The number of benzene rings is 3. The highest BCUT2D eigenvalue weighted by atomic mass is 16.2. The Morgan fingerprint density at radius 2 is 1.41 bits per heavy atom. The van der Waals surface area contributed by atoms with Gasteiger partial charge in [-0.1, -0.05) is 79.4 Å². The molecule has 1 aliphatic rings. The summed E-state index contributed by atoms with van der Waals surface area (Å²) in [6.07, 6.45) is 0. The maximum absolute atomic E-state index is 13.0. The molecular weight excluding hydrogens is 362 g/mol. The topological polar surface area (TPSA) is 70.2 Å². The lowest BCUT2D eigenvalue weighted by molar-refractivity contribution is -0.119. The molecule has 0 aromatic heterocycles. The maximum atomic E-state index is 13.0. The minimum Gasteiger partial charge on any atom is -0.330 e. The Bertz CT molecular complexity index is 1030. The molecule has 144 valence electrons. The zero-order chi connectivity index (χ0) is 20.2. The molecule has 1 saturated heterocycles. The fourth-order valence-electron chi connectivity index (χ4n) is 3.53. The maximum Gasteiger partial charge on any atom is 0.319 e. The fourth-order valence-corrected chi connectivity index (χ4v) is 3.53. The van der Waals surface area contributed by atoms with Gasteiger partial charge in [-0.15, -0.1) is 0 Å². The second kappa shape index (κ2) is 8.02. The van der Waals surface area contributed by atoms with E-state index in [0.29, 0.717) is 11.4 Å². The Kier molecular flexibility index (Phi) is 5.12. The number of carbonyl (C=O) groups excluding carboxylic acids is 2. The van der Waals surface area contributed by atoms with Gasteiger partial charge in [0.1, 0.15) is 5.92 Å². The van der Waals surface area contributed by atoms with Gasteiger partial charge in [0.2, 0.25) is 5.91 Å². The van der Waals surface area contributed by atoms with Crippen LogP contribution in [0.3, 0.4) is 0 Å². The monoisotopic (exact) mass is 383 g/mol. The van der Waals surface area contributed by atoms with Crippen molar-refractivity contribution in [2.45, 2.75) is 6.04 Å². The van der Waals surface area contributed by atoms with Crippen molar-refractivity contribution in [2.24, 2.45) is 5.92 Å². The van der Waals surface area contributed by atoms with E-state index in [9.17, 15) is 9.59 Å². The Hall–Kier alpha value is -3.86. The van der Waals surface area contributed by atoms with Crippen LogP contribution in [0.15, 0.2) is 97.2 Å². The van der Waals surface area contributed by atoms with Gasteiger partial charge in [0.05, 0.1) is 6.04 Å². The lowest BCUT2D eigenvalue weighted by Crippen LogP contribution is -2.51. The first-order chi connectivity index (χ1) is 14.1. The van der Waals surface area contributed by atoms with Crippen LogP contribution in [-0.4, -0.2) is 11.9 Å². The Morgan fingerprint density at radius 1 is 0.828 bits per heavy atom. The molecule has 0 bridgehead atoms. The van der Waals surface area contributed by atoms with E-state index in [1.54, 1.807) is 0 Å². The van der Waals surface area contributed by atoms with Crippen molar-refractivity contribution in [1.82, 2.24) is 10.6 Å². The zero-order valence-electron chi connectivity index (χ0n) is 15.8. The van der Waals surface area contributed by atoms with Crippen LogP contribution >= 0.6 is 0 Å². The Labute approximate surface area is 169 Å². The van der Waals surface area contributed by atoms with Crippen LogP contribution in [0, 0.1) is 5.92 Å². The predicted molar refractivity (Wildman–Crippen MR) is 114 cm³/mol. The third-order valence-corrected chi connectivity index (χ3v) is 4.97. The standard InChI is InChI=1S/C24H21N3O2/c1-16-21(23(28)26-20-10-6-3-7-11-20)22(27-24(29)25-16)19-14-12-18(13-15-19)17-8-4-2-5-9-17/h2-15,21-22H,1H2,(H,26,28)(H2,25,27,29)/t21-,22+/m0/s1. The molecule has 3 aromatic carbocycles. The van der Waals surface area contributed by atoms with Crippen LogP contribution in [0.2, 0.25) is 0 Å². The number of nitrogens with one attached hydrogen (secondary N) is 3. The summed E-state index contributed by atoms with van der Waals surface area (Å²) < 4.78 is 0. The molecule has 3 aromatic rings. The molecule has 3 N–H and O–H groups in total. The molecule has 2 atom stereocenters. The summed E-state index contributed by atoms with van der Waals surface area (Å²) in [7, 11) is 0. The third-order valence-electron chi connectivity index (χ3n) is 4.97. The summed E-state index contributed by atoms with van der Waals surface area (Å²) >= 11 is 0.